The van der Waals surface area contributed by atoms with Crippen LogP contribution in [-0.2, 0) is 4.74 Å². The smallest absolute Gasteiger partial charge is 0.253 e. The molecule has 12 heteroatoms. The number of anilines is 5. The van der Waals surface area contributed by atoms with Gasteiger partial charge in [0, 0.05) is 38.9 Å². The number of carbonyl (C=O) groups is 1. The standard InChI is InChI=1S/C27H31ClFN7O3/c1-3-35-15-18(36-9-11-38-12-10-36)16-39-23-8-7-17(13-22(23)35)32-27-31-14-20(28)25(34-27)33-24-19(26(37)30-2)5-4-6-21(24)29/h4-8,13-14,18H,3,9-12,15-16H2,1-2H3,(H,30,37)(H2,31,32,33,34). The normalized spacial score (nSPS) is 17.5. The molecule has 1 atom stereocenters. The van der Waals surface area contributed by atoms with Gasteiger partial charge in [0.1, 0.15) is 23.2 Å². The average Bonchev–Trinajstić information content (AvgIpc) is 3.15. The minimum atomic E-state index is -0.610. The van der Waals surface area contributed by atoms with Crippen molar-refractivity contribution in [3.8, 4) is 5.75 Å². The molecule has 10 nitrogen and oxygen atoms in total. The molecule has 1 unspecified atom stereocenters. The summed E-state index contributed by atoms with van der Waals surface area (Å²) in [6.07, 6.45) is 1.41. The van der Waals surface area contributed by atoms with Crippen LogP contribution in [0.15, 0.2) is 42.6 Å². The number of ether oxygens (including phenoxy) is 2. The lowest BCUT2D eigenvalue weighted by molar-refractivity contribution is 0.00910. The Bertz CT molecular complexity index is 1340. The second-order valence-electron chi connectivity index (χ2n) is 9.22. The van der Waals surface area contributed by atoms with Crippen molar-refractivity contribution in [1.82, 2.24) is 20.2 Å². The zero-order valence-electron chi connectivity index (χ0n) is 21.8. The van der Waals surface area contributed by atoms with E-state index >= 15 is 0 Å². The van der Waals surface area contributed by atoms with Gasteiger partial charge in [0.25, 0.3) is 5.91 Å². The molecule has 2 aromatic carbocycles. The number of nitrogens with zero attached hydrogens (tertiary/aromatic N) is 4. The van der Waals surface area contributed by atoms with Gasteiger partial charge in [-0.2, -0.15) is 4.98 Å². The van der Waals surface area contributed by atoms with E-state index < -0.39 is 11.7 Å². The summed E-state index contributed by atoms with van der Waals surface area (Å²) < 4.78 is 26.4. The number of morpholine rings is 1. The maximum atomic E-state index is 14.7. The van der Waals surface area contributed by atoms with Gasteiger partial charge in [-0.3, -0.25) is 9.69 Å². The van der Waals surface area contributed by atoms with Crippen LogP contribution in [0.1, 0.15) is 17.3 Å². The minimum Gasteiger partial charge on any atom is -0.490 e. The first-order chi connectivity index (χ1) is 19.0. The van der Waals surface area contributed by atoms with Crippen LogP contribution in [0.2, 0.25) is 5.02 Å². The molecule has 0 bridgehead atoms. The van der Waals surface area contributed by atoms with Crippen molar-refractivity contribution >= 4 is 46.3 Å². The van der Waals surface area contributed by atoms with Crippen LogP contribution < -0.4 is 25.6 Å². The van der Waals surface area contributed by atoms with E-state index in [1.165, 1.54) is 31.4 Å². The number of halogens is 2. The zero-order valence-corrected chi connectivity index (χ0v) is 22.6. The molecule has 1 fully saturated rings. The Morgan fingerprint density at radius 1 is 1.21 bits per heavy atom. The molecule has 0 aliphatic carbocycles. The summed E-state index contributed by atoms with van der Waals surface area (Å²) in [5.41, 5.74) is 1.83. The molecule has 2 aliphatic rings. The number of likely N-dealkylation sites (N-methyl/N-ethyl adjacent to an activating group) is 1. The molecule has 3 aromatic rings. The van der Waals surface area contributed by atoms with Crippen LogP contribution in [0.25, 0.3) is 0 Å². The summed E-state index contributed by atoms with van der Waals surface area (Å²) in [5.74, 6) is 0.179. The summed E-state index contributed by atoms with van der Waals surface area (Å²) in [6, 6.07) is 10.3. The maximum absolute atomic E-state index is 14.7. The summed E-state index contributed by atoms with van der Waals surface area (Å²) in [4.78, 5) is 25.7. The van der Waals surface area contributed by atoms with Crippen LogP contribution in [0.3, 0.4) is 0 Å². The second-order valence-corrected chi connectivity index (χ2v) is 9.62. The van der Waals surface area contributed by atoms with E-state index in [1.54, 1.807) is 0 Å². The van der Waals surface area contributed by atoms with Gasteiger partial charge < -0.3 is 30.3 Å². The lowest BCUT2D eigenvalue weighted by atomic mass is 10.1. The Morgan fingerprint density at radius 3 is 2.79 bits per heavy atom. The maximum Gasteiger partial charge on any atom is 0.253 e. The van der Waals surface area contributed by atoms with E-state index in [9.17, 15) is 9.18 Å². The van der Waals surface area contributed by atoms with Crippen molar-refractivity contribution in [2.45, 2.75) is 13.0 Å². The minimum absolute atomic E-state index is 0.0287. The summed E-state index contributed by atoms with van der Waals surface area (Å²) >= 11 is 6.32. The number of hydrogen-bond acceptors (Lipinski definition) is 9. The topological polar surface area (TPSA) is 104 Å². The Labute approximate surface area is 231 Å². The van der Waals surface area contributed by atoms with E-state index in [0.717, 1.165) is 56.5 Å². The molecule has 1 aromatic heterocycles. The predicted octanol–water partition coefficient (Wildman–Crippen LogP) is 4.04. The van der Waals surface area contributed by atoms with Gasteiger partial charge in [-0.15, -0.1) is 0 Å². The van der Waals surface area contributed by atoms with Gasteiger partial charge in [-0.1, -0.05) is 17.7 Å². The summed E-state index contributed by atoms with van der Waals surface area (Å²) in [5, 5.41) is 8.75. The van der Waals surface area contributed by atoms with E-state index in [-0.39, 0.29) is 34.1 Å². The Morgan fingerprint density at radius 2 is 2.03 bits per heavy atom. The molecular formula is C27H31ClFN7O3. The third-order valence-corrected chi connectivity index (χ3v) is 7.11. The van der Waals surface area contributed by atoms with E-state index in [4.69, 9.17) is 21.1 Å². The first kappa shape index (κ1) is 26.9. The number of benzene rings is 2. The van der Waals surface area contributed by atoms with Crippen molar-refractivity contribution < 1.29 is 18.7 Å². The number of fused-ring (bicyclic) bond motifs is 1. The number of carbonyl (C=O) groups excluding carboxylic acids is 1. The molecule has 5 rings (SSSR count). The van der Waals surface area contributed by atoms with Crippen LogP contribution in [0, 0.1) is 5.82 Å². The fourth-order valence-electron chi connectivity index (χ4n) is 4.76. The summed E-state index contributed by atoms with van der Waals surface area (Å²) in [6.45, 7) is 7.68. The number of nitrogens with one attached hydrogen (secondary N) is 3. The Hall–Kier alpha value is -3.67. The van der Waals surface area contributed by atoms with Gasteiger partial charge >= 0.3 is 0 Å². The Kier molecular flexibility index (Phi) is 8.30. The summed E-state index contributed by atoms with van der Waals surface area (Å²) in [7, 11) is 1.48. The van der Waals surface area contributed by atoms with Crippen LogP contribution >= 0.6 is 11.6 Å². The highest BCUT2D eigenvalue weighted by atomic mass is 35.5. The van der Waals surface area contributed by atoms with Crippen LogP contribution in [0.4, 0.5) is 33.2 Å². The molecule has 0 spiro atoms. The van der Waals surface area contributed by atoms with Crippen molar-refractivity contribution in [3.63, 3.8) is 0 Å². The van der Waals surface area contributed by atoms with Crippen molar-refractivity contribution in [2.75, 3.05) is 68.6 Å². The van der Waals surface area contributed by atoms with Gasteiger partial charge in [0.15, 0.2) is 5.82 Å². The third kappa shape index (κ3) is 6.00. The molecule has 1 amide bonds. The highest BCUT2D eigenvalue weighted by molar-refractivity contribution is 6.33. The van der Waals surface area contributed by atoms with Crippen molar-refractivity contribution in [1.29, 1.82) is 0 Å². The number of aromatic nitrogens is 2. The third-order valence-electron chi connectivity index (χ3n) is 6.83. The fourth-order valence-corrected chi connectivity index (χ4v) is 4.89. The highest BCUT2D eigenvalue weighted by Gasteiger charge is 2.28. The SMILES string of the molecule is CCN1CC(N2CCOCC2)COc2ccc(Nc3ncc(Cl)c(Nc4c(F)cccc4C(=O)NC)n3)cc21. The molecule has 0 radical (unpaired) electrons. The van der Waals surface area contributed by atoms with Gasteiger partial charge in [0.05, 0.1) is 42.4 Å². The number of amides is 1. The molecule has 2 aliphatic heterocycles. The zero-order chi connectivity index (χ0) is 27.4. The second kappa shape index (κ2) is 12.0. The Balaban J connectivity index is 1.37. The van der Waals surface area contributed by atoms with Gasteiger partial charge in [-0.25, -0.2) is 9.37 Å². The van der Waals surface area contributed by atoms with Gasteiger partial charge in [-0.05, 0) is 37.3 Å². The first-order valence-corrected chi connectivity index (χ1v) is 13.3. The molecule has 1 saturated heterocycles. The van der Waals surface area contributed by atoms with Crippen LogP contribution in [-0.4, -0.2) is 79.9 Å². The molecule has 3 N–H and O–H groups in total. The predicted molar refractivity (Wildman–Crippen MR) is 149 cm³/mol. The van der Waals surface area contributed by atoms with E-state index in [2.05, 4.69) is 42.6 Å². The number of rotatable bonds is 7. The molecule has 3 heterocycles. The van der Waals surface area contributed by atoms with Crippen LogP contribution in [0.5, 0.6) is 5.75 Å². The molecule has 0 saturated carbocycles. The number of para-hydroxylation sites is 1. The molecular weight excluding hydrogens is 525 g/mol. The lowest BCUT2D eigenvalue weighted by Crippen LogP contribution is -2.50. The molecule has 39 heavy (non-hydrogen) atoms. The molecule has 206 valence electrons. The van der Waals surface area contributed by atoms with Gasteiger partial charge in [0.2, 0.25) is 5.95 Å². The number of hydrogen-bond donors (Lipinski definition) is 3. The lowest BCUT2D eigenvalue weighted by Gasteiger charge is -2.35. The highest BCUT2D eigenvalue weighted by Crippen LogP contribution is 2.35. The monoisotopic (exact) mass is 555 g/mol. The first-order valence-electron chi connectivity index (χ1n) is 12.9. The van der Waals surface area contributed by atoms with Crippen molar-refractivity contribution in [3.05, 3.63) is 59.0 Å². The van der Waals surface area contributed by atoms with Crippen molar-refractivity contribution in [2.24, 2.45) is 0 Å². The largest absolute Gasteiger partial charge is 0.490 e. The van der Waals surface area contributed by atoms with E-state index in [0.29, 0.717) is 6.61 Å². The van der Waals surface area contributed by atoms with E-state index in [1.807, 2.05) is 18.2 Å². The quantitative estimate of drug-likeness (QED) is 0.398. The average molecular weight is 556 g/mol. The fraction of sp³-hybridized carbons (Fsp3) is 0.370.